The summed E-state index contributed by atoms with van der Waals surface area (Å²) in [7, 11) is 0. The Morgan fingerprint density at radius 1 is 1.06 bits per heavy atom. The molecule has 0 aromatic carbocycles. The summed E-state index contributed by atoms with van der Waals surface area (Å²) in [5.74, 6) is 0. The van der Waals surface area contributed by atoms with Crippen LogP contribution in [0.4, 0.5) is 0 Å². The minimum atomic E-state index is -0.0256. The Kier molecular flexibility index (Phi) is 7.14. The van der Waals surface area contributed by atoms with E-state index in [0.29, 0.717) is 0 Å². The van der Waals surface area contributed by atoms with Gasteiger partial charge in [-0.2, -0.15) is 0 Å². The average Bonchev–Trinajstić information content (AvgIpc) is 2.63. The van der Waals surface area contributed by atoms with E-state index in [-0.39, 0.29) is 11.6 Å². The van der Waals surface area contributed by atoms with Crippen LogP contribution in [0.1, 0.15) is 78.1 Å². The molecule has 0 aliphatic carbocycles. The van der Waals surface area contributed by atoms with Crippen molar-refractivity contribution in [1.29, 1.82) is 0 Å². The molecule has 0 saturated carbocycles. The van der Waals surface area contributed by atoms with E-state index in [1.807, 2.05) is 0 Å². The van der Waals surface area contributed by atoms with Crippen molar-refractivity contribution < 1.29 is 4.74 Å². The van der Waals surface area contributed by atoms with Crippen LogP contribution in [0.2, 0.25) is 0 Å². The van der Waals surface area contributed by atoms with E-state index in [9.17, 15) is 0 Å². The van der Waals surface area contributed by atoms with Crippen LogP contribution < -0.4 is 5.73 Å². The van der Waals surface area contributed by atoms with E-state index in [2.05, 4.69) is 13.8 Å². The van der Waals surface area contributed by atoms with Crippen molar-refractivity contribution in [2.75, 3.05) is 6.61 Å². The molecule has 2 nitrogen and oxygen atoms in total. The molecule has 2 unspecified atom stereocenters. The lowest BCUT2D eigenvalue weighted by Gasteiger charge is -2.27. The molecule has 1 fully saturated rings. The lowest BCUT2D eigenvalue weighted by molar-refractivity contribution is 0.0920. The second kappa shape index (κ2) is 8.10. The Bertz CT molecular complexity index is 195. The summed E-state index contributed by atoms with van der Waals surface area (Å²) >= 11 is 0. The zero-order valence-electron chi connectivity index (χ0n) is 11.8. The summed E-state index contributed by atoms with van der Waals surface area (Å²) in [5.41, 5.74) is 6.33. The van der Waals surface area contributed by atoms with Gasteiger partial charge in [-0.1, -0.05) is 58.3 Å². The van der Waals surface area contributed by atoms with Crippen LogP contribution in [0.15, 0.2) is 0 Å². The topological polar surface area (TPSA) is 35.2 Å². The van der Waals surface area contributed by atoms with Crippen molar-refractivity contribution in [3.63, 3.8) is 0 Å². The average molecular weight is 241 g/mol. The highest BCUT2D eigenvalue weighted by Gasteiger charge is 2.36. The van der Waals surface area contributed by atoms with Crippen LogP contribution >= 0.6 is 0 Å². The third-order valence-corrected chi connectivity index (χ3v) is 4.24. The fourth-order valence-corrected chi connectivity index (χ4v) is 2.71. The van der Waals surface area contributed by atoms with Crippen molar-refractivity contribution in [1.82, 2.24) is 0 Å². The van der Waals surface area contributed by atoms with E-state index in [0.717, 1.165) is 19.4 Å². The predicted molar refractivity (Wildman–Crippen MR) is 74.2 cm³/mol. The molecule has 2 heteroatoms. The van der Waals surface area contributed by atoms with Crippen LogP contribution in [0, 0.1) is 0 Å². The smallest absolute Gasteiger partial charge is 0.0727 e. The van der Waals surface area contributed by atoms with Gasteiger partial charge in [0.15, 0.2) is 0 Å². The molecule has 1 saturated heterocycles. The molecule has 2 N–H and O–H groups in total. The Morgan fingerprint density at radius 2 is 1.65 bits per heavy atom. The van der Waals surface area contributed by atoms with Gasteiger partial charge in [0.1, 0.15) is 0 Å². The maximum absolute atomic E-state index is 6.36. The fourth-order valence-electron chi connectivity index (χ4n) is 2.71. The second-order valence-corrected chi connectivity index (χ2v) is 5.72. The van der Waals surface area contributed by atoms with Gasteiger partial charge in [-0.25, -0.2) is 0 Å². The molecule has 1 heterocycles. The largest absolute Gasteiger partial charge is 0.377 e. The van der Waals surface area contributed by atoms with Gasteiger partial charge in [0.05, 0.1) is 6.10 Å². The van der Waals surface area contributed by atoms with E-state index >= 15 is 0 Å². The second-order valence-electron chi connectivity index (χ2n) is 5.72. The van der Waals surface area contributed by atoms with Gasteiger partial charge < -0.3 is 10.5 Å². The SMILES string of the molecule is CCCCCCCCCCC1(N)CCOC1C. The van der Waals surface area contributed by atoms with Gasteiger partial charge in [-0.05, 0) is 19.8 Å². The van der Waals surface area contributed by atoms with Crippen molar-refractivity contribution in [2.24, 2.45) is 5.73 Å². The molecule has 1 aliphatic rings. The molecule has 0 aromatic heterocycles. The van der Waals surface area contributed by atoms with Gasteiger partial charge >= 0.3 is 0 Å². The molecule has 0 aromatic rings. The van der Waals surface area contributed by atoms with Gasteiger partial charge in [-0.15, -0.1) is 0 Å². The Labute approximate surface area is 107 Å². The Morgan fingerprint density at radius 3 is 2.18 bits per heavy atom. The Hall–Kier alpha value is -0.0800. The van der Waals surface area contributed by atoms with E-state index in [1.165, 1.54) is 51.4 Å². The fraction of sp³-hybridized carbons (Fsp3) is 1.00. The number of ether oxygens (including phenoxy) is 1. The molecule has 1 aliphatic heterocycles. The van der Waals surface area contributed by atoms with E-state index in [4.69, 9.17) is 10.5 Å². The molecule has 0 amide bonds. The van der Waals surface area contributed by atoms with Crippen LogP contribution in [0.5, 0.6) is 0 Å². The number of hydrogen-bond acceptors (Lipinski definition) is 2. The summed E-state index contributed by atoms with van der Waals surface area (Å²) in [6.07, 6.45) is 13.4. The van der Waals surface area contributed by atoms with Crippen LogP contribution in [0.3, 0.4) is 0 Å². The first kappa shape index (κ1) is 15.0. The maximum atomic E-state index is 6.36. The number of unbranched alkanes of at least 4 members (excludes halogenated alkanes) is 7. The van der Waals surface area contributed by atoms with Crippen LogP contribution in [0.25, 0.3) is 0 Å². The van der Waals surface area contributed by atoms with Gasteiger partial charge in [0.25, 0.3) is 0 Å². The molecule has 0 spiro atoms. The maximum Gasteiger partial charge on any atom is 0.0727 e. The quantitative estimate of drug-likeness (QED) is 0.619. The zero-order chi connectivity index (χ0) is 12.6. The number of hydrogen-bond donors (Lipinski definition) is 1. The first-order chi connectivity index (χ1) is 8.19. The van der Waals surface area contributed by atoms with Gasteiger partial charge in [0.2, 0.25) is 0 Å². The first-order valence-corrected chi connectivity index (χ1v) is 7.59. The number of nitrogens with two attached hydrogens (primary N) is 1. The lowest BCUT2D eigenvalue weighted by Crippen LogP contribution is -2.45. The molecular formula is C15H31NO. The van der Waals surface area contributed by atoms with Crippen LogP contribution in [-0.4, -0.2) is 18.2 Å². The lowest BCUT2D eigenvalue weighted by atomic mass is 9.87. The molecule has 102 valence electrons. The highest BCUT2D eigenvalue weighted by atomic mass is 16.5. The highest BCUT2D eigenvalue weighted by Crippen LogP contribution is 2.28. The normalized spacial score (nSPS) is 28.8. The number of rotatable bonds is 9. The van der Waals surface area contributed by atoms with Crippen LogP contribution in [-0.2, 0) is 4.74 Å². The van der Waals surface area contributed by atoms with Crippen molar-refractivity contribution in [3.8, 4) is 0 Å². The van der Waals surface area contributed by atoms with E-state index < -0.39 is 0 Å². The molecule has 0 radical (unpaired) electrons. The van der Waals surface area contributed by atoms with Crippen molar-refractivity contribution in [3.05, 3.63) is 0 Å². The van der Waals surface area contributed by atoms with Gasteiger partial charge in [0, 0.05) is 12.1 Å². The summed E-state index contributed by atoms with van der Waals surface area (Å²) in [6.45, 7) is 5.25. The monoisotopic (exact) mass is 241 g/mol. The molecule has 1 rings (SSSR count). The minimum Gasteiger partial charge on any atom is -0.377 e. The van der Waals surface area contributed by atoms with Gasteiger partial charge in [-0.3, -0.25) is 0 Å². The summed E-state index contributed by atoms with van der Waals surface area (Å²) < 4.78 is 5.57. The Balaban J connectivity index is 1.93. The van der Waals surface area contributed by atoms with E-state index in [1.54, 1.807) is 0 Å². The molecule has 17 heavy (non-hydrogen) atoms. The summed E-state index contributed by atoms with van der Waals surface area (Å²) in [4.78, 5) is 0. The summed E-state index contributed by atoms with van der Waals surface area (Å²) in [6, 6.07) is 0. The summed E-state index contributed by atoms with van der Waals surface area (Å²) in [5, 5.41) is 0. The molecule has 0 bridgehead atoms. The third-order valence-electron chi connectivity index (χ3n) is 4.24. The predicted octanol–water partition coefficient (Wildman–Crippen LogP) is 4.02. The van der Waals surface area contributed by atoms with Crippen molar-refractivity contribution in [2.45, 2.75) is 89.7 Å². The van der Waals surface area contributed by atoms with Crippen molar-refractivity contribution >= 4 is 0 Å². The highest BCUT2D eigenvalue weighted by molar-refractivity contribution is 4.94. The minimum absolute atomic E-state index is 0.0256. The molecule has 2 atom stereocenters. The zero-order valence-corrected chi connectivity index (χ0v) is 11.8. The molecular weight excluding hydrogens is 210 g/mol. The standard InChI is InChI=1S/C15H31NO/c1-3-4-5-6-7-8-9-10-11-15(16)12-13-17-14(15)2/h14H,3-13,16H2,1-2H3. The third kappa shape index (κ3) is 5.39. The first-order valence-electron chi connectivity index (χ1n) is 7.59.